The Morgan fingerprint density at radius 1 is 1.04 bits per heavy atom. The topological polar surface area (TPSA) is 52.6 Å². The molecule has 2 aliphatic rings. The van der Waals surface area contributed by atoms with Gasteiger partial charge in [-0.05, 0) is 86.5 Å². The van der Waals surface area contributed by atoms with Crippen molar-refractivity contribution in [2.24, 2.45) is 11.8 Å². The van der Waals surface area contributed by atoms with E-state index in [0.29, 0.717) is 5.56 Å². The van der Waals surface area contributed by atoms with E-state index in [-0.39, 0.29) is 0 Å². The molecule has 4 rings (SSSR count). The van der Waals surface area contributed by atoms with Crippen LogP contribution in [0.2, 0.25) is 0 Å². The van der Waals surface area contributed by atoms with Crippen molar-refractivity contribution in [1.29, 1.82) is 0 Å². The average Bonchev–Trinajstić information content (AvgIpc) is 3.50. The highest BCUT2D eigenvalue weighted by atomic mass is 16.4. The Hall–Kier alpha value is -2.17. The molecule has 4 nitrogen and oxygen atoms in total. The maximum absolute atomic E-state index is 11.1. The summed E-state index contributed by atoms with van der Waals surface area (Å²) in [5.74, 6) is 1.48. The third-order valence-corrected chi connectivity index (χ3v) is 6.28. The fourth-order valence-electron chi connectivity index (χ4n) is 4.46. The van der Waals surface area contributed by atoms with E-state index in [0.717, 1.165) is 56.0 Å². The molecule has 0 spiro atoms. The van der Waals surface area contributed by atoms with E-state index >= 15 is 0 Å². The van der Waals surface area contributed by atoms with E-state index in [1.807, 2.05) is 12.1 Å². The lowest BCUT2D eigenvalue weighted by Crippen LogP contribution is -2.37. The van der Waals surface area contributed by atoms with Gasteiger partial charge in [0.05, 0.1) is 5.56 Å². The van der Waals surface area contributed by atoms with Gasteiger partial charge in [-0.15, -0.1) is 0 Å². The fraction of sp³-hybridized carbons (Fsp3) is 0.458. The number of aromatic carboxylic acids is 1. The van der Waals surface area contributed by atoms with Gasteiger partial charge in [-0.1, -0.05) is 42.5 Å². The number of benzene rings is 2. The molecule has 0 radical (unpaired) electrons. The van der Waals surface area contributed by atoms with Gasteiger partial charge in [-0.2, -0.15) is 0 Å². The molecule has 0 aromatic heterocycles. The van der Waals surface area contributed by atoms with Crippen LogP contribution in [0.5, 0.6) is 0 Å². The van der Waals surface area contributed by atoms with E-state index in [4.69, 9.17) is 5.11 Å². The molecule has 2 aromatic rings. The zero-order chi connectivity index (χ0) is 19.3. The minimum Gasteiger partial charge on any atom is -0.478 e. The molecule has 148 valence electrons. The Morgan fingerprint density at radius 3 is 2.57 bits per heavy atom. The first-order valence-corrected chi connectivity index (χ1v) is 10.5. The van der Waals surface area contributed by atoms with Gasteiger partial charge in [0.25, 0.3) is 0 Å². The van der Waals surface area contributed by atoms with Gasteiger partial charge in [-0.25, -0.2) is 4.79 Å². The van der Waals surface area contributed by atoms with Crippen LogP contribution >= 0.6 is 0 Å². The zero-order valence-corrected chi connectivity index (χ0v) is 16.4. The largest absolute Gasteiger partial charge is 0.478 e. The summed E-state index contributed by atoms with van der Waals surface area (Å²) < 4.78 is 0. The van der Waals surface area contributed by atoms with Gasteiger partial charge in [0, 0.05) is 6.54 Å². The predicted octanol–water partition coefficient (Wildman–Crippen LogP) is 3.99. The summed E-state index contributed by atoms with van der Waals surface area (Å²) in [6, 6.07) is 18.2. The quantitative estimate of drug-likeness (QED) is 0.729. The average molecular weight is 379 g/mol. The molecule has 2 aromatic carbocycles. The molecular formula is C24H30N2O2. The molecule has 0 amide bonds. The molecule has 1 aliphatic carbocycles. The van der Waals surface area contributed by atoms with Gasteiger partial charge in [0.15, 0.2) is 0 Å². The second kappa shape index (κ2) is 8.89. The molecule has 1 saturated heterocycles. The summed E-state index contributed by atoms with van der Waals surface area (Å²) in [7, 11) is 0. The van der Waals surface area contributed by atoms with Crippen LogP contribution in [-0.2, 0) is 6.54 Å². The summed E-state index contributed by atoms with van der Waals surface area (Å²) in [5.41, 5.74) is 2.97. The Labute approximate surface area is 167 Å². The van der Waals surface area contributed by atoms with E-state index < -0.39 is 5.97 Å². The summed E-state index contributed by atoms with van der Waals surface area (Å²) in [4.78, 5) is 13.6. The number of piperidine rings is 1. The van der Waals surface area contributed by atoms with Crippen molar-refractivity contribution in [1.82, 2.24) is 10.2 Å². The van der Waals surface area contributed by atoms with E-state index in [2.05, 4.69) is 40.5 Å². The molecule has 28 heavy (non-hydrogen) atoms. The molecule has 2 fully saturated rings. The standard InChI is InChI=1S/C24H30N2O2/c27-24(28)21-8-4-5-19(13-21)17-26-11-9-18(10-12-26)15-25-16-22-14-23(22)20-6-2-1-3-7-20/h1-8,13,18,22-23,25H,9-12,14-17H2,(H,27,28)/t22-,23-/m0/s1. The predicted molar refractivity (Wildman–Crippen MR) is 112 cm³/mol. The number of carboxylic acids is 1. The maximum atomic E-state index is 11.1. The van der Waals surface area contributed by atoms with Gasteiger partial charge < -0.3 is 10.4 Å². The number of hydrogen-bond acceptors (Lipinski definition) is 3. The lowest BCUT2D eigenvalue weighted by Gasteiger charge is -2.32. The minimum atomic E-state index is -0.850. The third-order valence-electron chi connectivity index (χ3n) is 6.28. The lowest BCUT2D eigenvalue weighted by atomic mass is 9.96. The number of nitrogens with zero attached hydrogens (tertiary/aromatic N) is 1. The number of nitrogens with one attached hydrogen (secondary N) is 1. The van der Waals surface area contributed by atoms with E-state index in [9.17, 15) is 4.79 Å². The molecular weight excluding hydrogens is 348 g/mol. The number of likely N-dealkylation sites (tertiary alicyclic amines) is 1. The van der Waals surface area contributed by atoms with E-state index in [1.54, 1.807) is 12.1 Å². The first-order chi connectivity index (χ1) is 13.7. The van der Waals surface area contributed by atoms with Gasteiger partial charge >= 0.3 is 5.97 Å². The lowest BCUT2D eigenvalue weighted by molar-refractivity contribution is 0.0696. The SMILES string of the molecule is O=C(O)c1cccc(CN2CCC(CNC[C@@H]3C[C@H]3c3ccccc3)CC2)c1. The van der Waals surface area contributed by atoms with Crippen LogP contribution in [-0.4, -0.2) is 42.2 Å². The second-order valence-corrected chi connectivity index (χ2v) is 8.40. The molecule has 2 atom stereocenters. The van der Waals surface area contributed by atoms with Crippen molar-refractivity contribution in [2.45, 2.75) is 31.7 Å². The fourth-order valence-corrected chi connectivity index (χ4v) is 4.46. The zero-order valence-electron chi connectivity index (χ0n) is 16.4. The highest BCUT2D eigenvalue weighted by Gasteiger charge is 2.37. The molecule has 0 unspecified atom stereocenters. The molecule has 1 saturated carbocycles. The summed E-state index contributed by atoms with van der Waals surface area (Å²) in [5, 5.41) is 12.9. The number of carbonyl (C=O) groups is 1. The van der Waals surface area contributed by atoms with Gasteiger partial charge in [0.1, 0.15) is 0 Å². The monoisotopic (exact) mass is 378 g/mol. The van der Waals surface area contributed by atoms with Crippen molar-refractivity contribution >= 4 is 5.97 Å². The smallest absolute Gasteiger partial charge is 0.335 e. The van der Waals surface area contributed by atoms with Gasteiger partial charge in [0.2, 0.25) is 0 Å². The van der Waals surface area contributed by atoms with Crippen molar-refractivity contribution in [2.75, 3.05) is 26.2 Å². The highest BCUT2D eigenvalue weighted by molar-refractivity contribution is 5.87. The molecule has 1 heterocycles. The Bertz CT molecular complexity index is 784. The van der Waals surface area contributed by atoms with Crippen molar-refractivity contribution in [3.63, 3.8) is 0 Å². The highest BCUT2D eigenvalue weighted by Crippen LogP contribution is 2.46. The van der Waals surface area contributed by atoms with Crippen molar-refractivity contribution in [3.05, 3.63) is 71.3 Å². The second-order valence-electron chi connectivity index (χ2n) is 8.40. The van der Waals surface area contributed by atoms with Crippen molar-refractivity contribution < 1.29 is 9.90 Å². The van der Waals surface area contributed by atoms with E-state index in [1.165, 1.54) is 24.8 Å². The first-order valence-electron chi connectivity index (χ1n) is 10.5. The summed E-state index contributed by atoms with van der Waals surface area (Å²) >= 11 is 0. The first kappa shape index (κ1) is 19.2. The summed E-state index contributed by atoms with van der Waals surface area (Å²) in [6.45, 7) is 5.31. The number of hydrogen-bond donors (Lipinski definition) is 2. The van der Waals surface area contributed by atoms with Gasteiger partial charge in [-0.3, -0.25) is 4.90 Å². The maximum Gasteiger partial charge on any atom is 0.335 e. The molecule has 2 N–H and O–H groups in total. The molecule has 4 heteroatoms. The van der Waals surface area contributed by atoms with Crippen LogP contribution in [0, 0.1) is 11.8 Å². The normalized spacial score (nSPS) is 22.9. The number of carboxylic acid groups (broad SMARTS) is 1. The Balaban J connectivity index is 1.14. The van der Waals surface area contributed by atoms with Crippen LogP contribution < -0.4 is 5.32 Å². The van der Waals surface area contributed by atoms with Crippen LogP contribution in [0.3, 0.4) is 0 Å². The van der Waals surface area contributed by atoms with Crippen LogP contribution in [0.4, 0.5) is 0 Å². The van der Waals surface area contributed by atoms with Crippen LogP contribution in [0.1, 0.15) is 46.7 Å². The van der Waals surface area contributed by atoms with Crippen LogP contribution in [0.15, 0.2) is 54.6 Å². The number of rotatable bonds is 8. The van der Waals surface area contributed by atoms with Crippen molar-refractivity contribution in [3.8, 4) is 0 Å². The third kappa shape index (κ3) is 5.00. The Kier molecular flexibility index (Phi) is 6.08. The molecule has 1 aliphatic heterocycles. The molecule has 0 bridgehead atoms. The summed E-state index contributed by atoms with van der Waals surface area (Å²) in [6.07, 6.45) is 3.77. The van der Waals surface area contributed by atoms with Crippen LogP contribution in [0.25, 0.3) is 0 Å². The minimum absolute atomic E-state index is 0.380. The Morgan fingerprint density at radius 2 is 1.82 bits per heavy atom.